The third kappa shape index (κ3) is 3.23. The maximum absolute atomic E-state index is 13.7. The molecule has 0 atom stereocenters. The second kappa shape index (κ2) is 6.72. The van der Waals surface area contributed by atoms with Crippen LogP contribution in [-0.4, -0.2) is 36.2 Å². The van der Waals surface area contributed by atoms with E-state index in [9.17, 15) is 9.18 Å². The largest absolute Gasteiger partial charge is 0.395 e. The van der Waals surface area contributed by atoms with Gasteiger partial charge in [-0.1, -0.05) is 6.07 Å². The van der Waals surface area contributed by atoms with Crippen LogP contribution in [0.4, 0.5) is 15.8 Å². The molecule has 1 amide bonds. The van der Waals surface area contributed by atoms with E-state index in [1.54, 1.807) is 24.3 Å². The lowest BCUT2D eigenvalue weighted by atomic mass is 10.2. The highest BCUT2D eigenvalue weighted by Crippen LogP contribution is 2.20. The predicted molar refractivity (Wildman–Crippen MR) is 93.0 cm³/mol. The molecule has 0 unspecified atom stereocenters. The number of nitrogens with one attached hydrogen (secondary N) is 2. The maximum Gasteiger partial charge on any atom is 0.272 e. The molecule has 0 aliphatic heterocycles. The number of halogens is 1. The van der Waals surface area contributed by atoms with Gasteiger partial charge in [0.15, 0.2) is 0 Å². The maximum atomic E-state index is 13.7. The van der Waals surface area contributed by atoms with E-state index in [2.05, 4.69) is 10.3 Å². The van der Waals surface area contributed by atoms with Crippen molar-refractivity contribution in [2.75, 3.05) is 30.4 Å². The standard InChI is InChI=1S/C18H18FN3O2/c1-22(9-10-23)13-7-5-12(6-8-13)20-18(24)17-11-14-15(19)3-2-4-16(14)21-17/h2-8,11,21,23H,9-10H2,1H3,(H,20,24). The number of hydrogen-bond donors (Lipinski definition) is 3. The second-order valence-corrected chi connectivity index (χ2v) is 5.53. The van der Waals surface area contributed by atoms with Gasteiger partial charge >= 0.3 is 0 Å². The first kappa shape index (κ1) is 16.0. The van der Waals surface area contributed by atoms with Crippen molar-refractivity contribution in [1.29, 1.82) is 0 Å². The van der Waals surface area contributed by atoms with Crippen molar-refractivity contribution in [1.82, 2.24) is 4.98 Å². The monoisotopic (exact) mass is 327 g/mol. The van der Waals surface area contributed by atoms with Gasteiger partial charge in [0.05, 0.1) is 6.61 Å². The molecule has 0 bridgehead atoms. The zero-order valence-electron chi connectivity index (χ0n) is 13.2. The summed E-state index contributed by atoms with van der Waals surface area (Å²) in [6.07, 6.45) is 0. The van der Waals surface area contributed by atoms with E-state index in [4.69, 9.17) is 5.11 Å². The Morgan fingerprint density at radius 1 is 1.25 bits per heavy atom. The van der Waals surface area contributed by atoms with E-state index in [0.717, 1.165) is 5.69 Å². The van der Waals surface area contributed by atoms with Gasteiger partial charge in [0.1, 0.15) is 11.5 Å². The first-order chi connectivity index (χ1) is 11.6. The number of nitrogens with zero attached hydrogens (tertiary/aromatic N) is 1. The Balaban J connectivity index is 1.75. The minimum atomic E-state index is -0.362. The van der Waals surface area contributed by atoms with Gasteiger partial charge in [-0.3, -0.25) is 4.79 Å². The number of aliphatic hydroxyl groups is 1. The van der Waals surface area contributed by atoms with Gasteiger partial charge in [-0.2, -0.15) is 0 Å². The molecule has 5 nitrogen and oxygen atoms in total. The minimum Gasteiger partial charge on any atom is -0.395 e. The number of carbonyl (C=O) groups excluding carboxylic acids is 1. The number of benzene rings is 2. The molecule has 124 valence electrons. The summed E-state index contributed by atoms with van der Waals surface area (Å²) < 4.78 is 13.7. The molecule has 1 heterocycles. The zero-order chi connectivity index (χ0) is 17.1. The summed E-state index contributed by atoms with van der Waals surface area (Å²) in [5, 5.41) is 12.1. The lowest BCUT2D eigenvalue weighted by Gasteiger charge is -2.18. The SMILES string of the molecule is CN(CCO)c1ccc(NC(=O)c2cc3c(F)cccc3[nH]2)cc1. The number of H-pyrrole nitrogens is 1. The average Bonchev–Trinajstić information content (AvgIpc) is 3.01. The van der Waals surface area contributed by atoms with Crippen molar-refractivity contribution in [3.63, 3.8) is 0 Å². The molecule has 0 saturated heterocycles. The summed E-state index contributed by atoms with van der Waals surface area (Å²) in [6.45, 7) is 0.609. The van der Waals surface area contributed by atoms with Gasteiger partial charge in [0.25, 0.3) is 5.91 Å². The van der Waals surface area contributed by atoms with Crippen LogP contribution in [0, 0.1) is 5.82 Å². The van der Waals surface area contributed by atoms with Crippen LogP contribution >= 0.6 is 0 Å². The van der Waals surface area contributed by atoms with E-state index in [1.807, 2.05) is 24.1 Å². The number of carbonyl (C=O) groups is 1. The van der Waals surface area contributed by atoms with Gasteiger partial charge in [-0.25, -0.2) is 4.39 Å². The number of aromatic amines is 1. The van der Waals surface area contributed by atoms with Crippen LogP contribution in [0.15, 0.2) is 48.5 Å². The highest BCUT2D eigenvalue weighted by Gasteiger charge is 2.12. The third-order valence-corrected chi connectivity index (χ3v) is 3.86. The molecule has 0 fully saturated rings. The molecule has 0 spiro atoms. The molecular weight excluding hydrogens is 309 g/mol. The number of aromatic nitrogens is 1. The van der Waals surface area contributed by atoms with Crippen LogP contribution in [0.5, 0.6) is 0 Å². The number of hydrogen-bond acceptors (Lipinski definition) is 3. The third-order valence-electron chi connectivity index (χ3n) is 3.86. The highest BCUT2D eigenvalue weighted by molar-refractivity contribution is 6.06. The van der Waals surface area contributed by atoms with Crippen LogP contribution in [0.2, 0.25) is 0 Å². The molecule has 0 saturated carbocycles. The summed E-state index contributed by atoms with van der Waals surface area (Å²) in [7, 11) is 1.88. The number of fused-ring (bicyclic) bond motifs is 1. The molecule has 3 rings (SSSR count). The molecule has 0 radical (unpaired) electrons. The van der Waals surface area contributed by atoms with Crippen LogP contribution < -0.4 is 10.2 Å². The Labute approximate surface area is 138 Å². The fourth-order valence-corrected chi connectivity index (χ4v) is 2.52. The van der Waals surface area contributed by atoms with Crippen LogP contribution in [0.1, 0.15) is 10.5 Å². The molecule has 0 aliphatic carbocycles. The average molecular weight is 327 g/mol. The number of rotatable bonds is 5. The van der Waals surface area contributed by atoms with Crippen molar-refractivity contribution in [2.45, 2.75) is 0 Å². The molecule has 1 aromatic heterocycles. The molecule has 24 heavy (non-hydrogen) atoms. The molecule has 3 N–H and O–H groups in total. The number of anilines is 2. The lowest BCUT2D eigenvalue weighted by molar-refractivity contribution is 0.102. The van der Waals surface area contributed by atoms with Crippen molar-refractivity contribution in [3.05, 3.63) is 60.0 Å². The van der Waals surface area contributed by atoms with Crippen molar-refractivity contribution in [2.24, 2.45) is 0 Å². The summed E-state index contributed by atoms with van der Waals surface area (Å²) in [6, 6.07) is 13.5. The van der Waals surface area contributed by atoms with E-state index in [1.165, 1.54) is 12.1 Å². The van der Waals surface area contributed by atoms with Crippen LogP contribution in [0.3, 0.4) is 0 Å². The fourth-order valence-electron chi connectivity index (χ4n) is 2.52. The molecule has 0 aliphatic rings. The van der Waals surface area contributed by atoms with Crippen LogP contribution in [0.25, 0.3) is 10.9 Å². The van der Waals surface area contributed by atoms with Gasteiger partial charge < -0.3 is 20.3 Å². The zero-order valence-corrected chi connectivity index (χ0v) is 13.2. The summed E-state index contributed by atoms with van der Waals surface area (Å²) >= 11 is 0. The van der Waals surface area contributed by atoms with Crippen molar-refractivity contribution in [3.8, 4) is 0 Å². The fraction of sp³-hybridized carbons (Fsp3) is 0.167. The lowest BCUT2D eigenvalue weighted by Crippen LogP contribution is -2.21. The van der Waals surface area contributed by atoms with Crippen molar-refractivity contribution >= 4 is 28.2 Å². The quantitative estimate of drug-likeness (QED) is 0.675. The minimum absolute atomic E-state index is 0.0753. The normalized spacial score (nSPS) is 10.8. The summed E-state index contributed by atoms with van der Waals surface area (Å²) in [5.41, 5.74) is 2.47. The summed E-state index contributed by atoms with van der Waals surface area (Å²) in [4.78, 5) is 17.1. The second-order valence-electron chi connectivity index (χ2n) is 5.53. The van der Waals surface area contributed by atoms with E-state index < -0.39 is 0 Å². The first-order valence-corrected chi connectivity index (χ1v) is 7.59. The smallest absolute Gasteiger partial charge is 0.272 e. The molecule has 3 aromatic rings. The van der Waals surface area contributed by atoms with Gasteiger partial charge in [-0.15, -0.1) is 0 Å². The number of likely N-dealkylation sites (N-methyl/N-ethyl adjacent to an activating group) is 1. The van der Waals surface area contributed by atoms with Crippen molar-refractivity contribution < 1.29 is 14.3 Å². The topological polar surface area (TPSA) is 68.4 Å². The van der Waals surface area contributed by atoms with Gasteiger partial charge in [0.2, 0.25) is 0 Å². The molecule has 2 aromatic carbocycles. The molecular formula is C18H18FN3O2. The van der Waals surface area contributed by atoms with E-state index in [0.29, 0.717) is 28.8 Å². The number of aliphatic hydroxyl groups excluding tert-OH is 1. The Hall–Kier alpha value is -2.86. The van der Waals surface area contributed by atoms with Crippen LogP contribution in [-0.2, 0) is 0 Å². The molecule has 6 heteroatoms. The first-order valence-electron chi connectivity index (χ1n) is 7.59. The Bertz CT molecular complexity index is 858. The highest BCUT2D eigenvalue weighted by atomic mass is 19.1. The van der Waals surface area contributed by atoms with E-state index >= 15 is 0 Å². The predicted octanol–water partition coefficient (Wildman–Crippen LogP) is 2.99. The Kier molecular flexibility index (Phi) is 4.48. The summed E-state index contributed by atoms with van der Waals surface area (Å²) in [5.74, 6) is -0.693. The Morgan fingerprint density at radius 2 is 2.00 bits per heavy atom. The Morgan fingerprint density at radius 3 is 2.67 bits per heavy atom. The van der Waals surface area contributed by atoms with E-state index in [-0.39, 0.29) is 18.3 Å². The van der Waals surface area contributed by atoms with Gasteiger partial charge in [-0.05, 0) is 42.5 Å². The van der Waals surface area contributed by atoms with Gasteiger partial charge in [0, 0.05) is 35.9 Å². The number of amides is 1.